The Morgan fingerprint density at radius 1 is 1.29 bits per heavy atom. The molecule has 0 fully saturated rings. The molecule has 0 saturated heterocycles. The zero-order chi connectivity index (χ0) is 12.3. The number of anilines is 1. The van der Waals surface area contributed by atoms with E-state index >= 15 is 0 Å². The van der Waals surface area contributed by atoms with Crippen LogP contribution in [0.1, 0.15) is 15.9 Å². The van der Waals surface area contributed by atoms with E-state index in [4.69, 9.17) is 11.6 Å². The van der Waals surface area contributed by atoms with Crippen molar-refractivity contribution in [3.8, 4) is 0 Å². The molecular formula is C11H9ClN4O. The number of carbonyl (C=O) groups excluding carboxylic acids is 1. The highest BCUT2D eigenvalue weighted by molar-refractivity contribution is 6.30. The number of halogens is 1. The third-order valence-electron chi connectivity index (χ3n) is 2.10. The number of hydrogen-bond donors (Lipinski definition) is 1. The van der Waals surface area contributed by atoms with Crippen LogP contribution in [-0.4, -0.2) is 20.9 Å². The van der Waals surface area contributed by atoms with Crippen molar-refractivity contribution >= 4 is 23.2 Å². The molecule has 86 valence electrons. The van der Waals surface area contributed by atoms with E-state index in [0.29, 0.717) is 16.4 Å². The van der Waals surface area contributed by atoms with E-state index in [2.05, 4.69) is 20.3 Å². The maximum absolute atomic E-state index is 11.8. The summed E-state index contributed by atoms with van der Waals surface area (Å²) in [5.41, 5.74) is 1.77. The lowest BCUT2D eigenvalue weighted by Gasteiger charge is -2.05. The normalized spacial score (nSPS) is 10.0. The molecule has 0 aliphatic heterocycles. The molecule has 0 aliphatic carbocycles. The van der Waals surface area contributed by atoms with Crippen LogP contribution in [0, 0.1) is 6.92 Å². The molecule has 2 heterocycles. The minimum absolute atomic E-state index is 0.283. The monoisotopic (exact) mass is 248 g/mol. The second-order valence-electron chi connectivity index (χ2n) is 3.41. The fourth-order valence-corrected chi connectivity index (χ4v) is 1.35. The lowest BCUT2D eigenvalue weighted by molar-refractivity contribution is 0.102. The number of rotatable bonds is 2. The van der Waals surface area contributed by atoms with Gasteiger partial charge in [-0.25, -0.2) is 15.0 Å². The van der Waals surface area contributed by atoms with Gasteiger partial charge in [0.05, 0.1) is 17.4 Å². The predicted molar refractivity (Wildman–Crippen MR) is 64.0 cm³/mol. The zero-order valence-corrected chi connectivity index (χ0v) is 9.77. The van der Waals surface area contributed by atoms with Gasteiger partial charge in [0, 0.05) is 12.4 Å². The van der Waals surface area contributed by atoms with Crippen molar-refractivity contribution in [2.75, 3.05) is 5.32 Å². The summed E-state index contributed by atoms with van der Waals surface area (Å²) in [6.45, 7) is 1.82. The van der Waals surface area contributed by atoms with Crippen molar-refractivity contribution in [3.63, 3.8) is 0 Å². The number of carbonyl (C=O) groups is 1. The molecule has 0 unspecified atom stereocenters. The van der Waals surface area contributed by atoms with Crippen LogP contribution in [0.5, 0.6) is 0 Å². The van der Waals surface area contributed by atoms with Gasteiger partial charge in [-0.15, -0.1) is 0 Å². The summed E-state index contributed by atoms with van der Waals surface area (Å²) in [5, 5.41) is 3.11. The Morgan fingerprint density at radius 2 is 2.00 bits per heavy atom. The van der Waals surface area contributed by atoms with Gasteiger partial charge in [-0.2, -0.15) is 0 Å². The standard InChI is InChI=1S/C11H9ClN4O/c1-7-2-9(5-15-10(7)12)16-11(17)8-3-13-6-14-4-8/h2-6H,1H3,(H,16,17). The summed E-state index contributed by atoms with van der Waals surface area (Å²) in [7, 11) is 0. The molecule has 2 rings (SSSR count). The fraction of sp³-hybridized carbons (Fsp3) is 0.0909. The van der Waals surface area contributed by atoms with Crippen molar-refractivity contribution in [2.45, 2.75) is 6.92 Å². The maximum Gasteiger partial charge on any atom is 0.258 e. The maximum atomic E-state index is 11.8. The van der Waals surface area contributed by atoms with Crippen LogP contribution < -0.4 is 5.32 Å². The first kappa shape index (κ1) is 11.5. The third-order valence-corrected chi connectivity index (χ3v) is 2.49. The van der Waals surface area contributed by atoms with Gasteiger partial charge in [0.25, 0.3) is 5.91 Å². The van der Waals surface area contributed by atoms with Crippen LogP contribution in [0.4, 0.5) is 5.69 Å². The second-order valence-corrected chi connectivity index (χ2v) is 3.77. The molecule has 0 bridgehead atoms. The topological polar surface area (TPSA) is 67.8 Å². The Hall–Kier alpha value is -2.01. The molecule has 0 atom stereocenters. The quantitative estimate of drug-likeness (QED) is 0.827. The van der Waals surface area contributed by atoms with Gasteiger partial charge in [-0.1, -0.05) is 11.6 Å². The van der Waals surface area contributed by atoms with Crippen molar-refractivity contribution in [1.29, 1.82) is 0 Å². The van der Waals surface area contributed by atoms with Gasteiger partial charge in [0.2, 0.25) is 0 Å². The molecular weight excluding hydrogens is 240 g/mol. The SMILES string of the molecule is Cc1cc(NC(=O)c2cncnc2)cnc1Cl. The molecule has 0 radical (unpaired) electrons. The summed E-state index contributed by atoms with van der Waals surface area (Å²) in [5.74, 6) is -0.283. The number of aromatic nitrogens is 3. The first-order valence-electron chi connectivity index (χ1n) is 4.85. The number of aryl methyl sites for hydroxylation is 1. The van der Waals surface area contributed by atoms with Crippen molar-refractivity contribution in [2.24, 2.45) is 0 Å². The molecule has 0 saturated carbocycles. The van der Waals surface area contributed by atoms with E-state index in [1.165, 1.54) is 24.9 Å². The highest BCUT2D eigenvalue weighted by Gasteiger charge is 2.07. The van der Waals surface area contributed by atoms with Crippen LogP contribution in [0.15, 0.2) is 31.0 Å². The first-order valence-corrected chi connectivity index (χ1v) is 5.23. The Morgan fingerprint density at radius 3 is 2.65 bits per heavy atom. The van der Waals surface area contributed by atoms with Crippen LogP contribution in [-0.2, 0) is 0 Å². The first-order chi connectivity index (χ1) is 8.16. The number of hydrogen-bond acceptors (Lipinski definition) is 4. The number of amides is 1. The Kier molecular flexibility index (Phi) is 3.30. The van der Waals surface area contributed by atoms with Crippen LogP contribution in [0.25, 0.3) is 0 Å². The lowest BCUT2D eigenvalue weighted by atomic mass is 10.2. The average molecular weight is 249 g/mol. The van der Waals surface area contributed by atoms with E-state index < -0.39 is 0 Å². The molecule has 6 heteroatoms. The highest BCUT2D eigenvalue weighted by Crippen LogP contribution is 2.16. The van der Waals surface area contributed by atoms with E-state index in [0.717, 1.165) is 5.56 Å². The van der Waals surface area contributed by atoms with E-state index in [-0.39, 0.29) is 5.91 Å². The Labute approximate surface area is 103 Å². The molecule has 2 aromatic rings. The summed E-state index contributed by atoms with van der Waals surface area (Å²) >= 11 is 5.79. The van der Waals surface area contributed by atoms with Crippen LogP contribution >= 0.6 is 11.6 Å². The van der Waals surface area contributed by atoms with Crippen molar-refractivity contribution < 1.29 is 4.79 Å². The minimum Gasteiger partial charge on any atom is -0.320 e. The summed E-state index contributed by atoms with van der Waals surface area (Å²) in [6.07, 6.45) is 5.75. The van der Waals surface area contributed by atoms with E-state index in [1.807, 2.05) is 6.92 Å². The number of pyridine rings is 1. The van der Waals surface area contributed by atoms with Gasteiger partial charge in [-0.05, 0) is 18.6 Å². The third kappa shape index (κ3) is 2.76. The second kappa shape index (κ2) is 4.88. The van der Waals surface area contributed by atoms with E-state index in [1.54, 1.807) is 6.07 Å². The largest absolute Gasteiger partial charge is 0.320 e. The summed E-state index contributed by atoms with van der Waals surface area (Å²) < 4.78 is 0. The Bertz CT molecular complexity index is 544. The fourth-order valence-electron chi connectivity index (χ4n) is 1.25. The van der Waals surface area contributed by atoms with Gasteiger partial charge < -0.3 is 5.32 Å². The smallest absolute Gasteiger partial charge is 0.258 e. The molecule has 17 heavy (non-hydrogen) atoms. The van der Waals surface area contributed by atoms with Gasteiger partial charge in [-0.3, -0.25) is 4.79 Å². The van der Waals surface area contributed by atoms with Crippen LogP contribution in [0.2, 0.25) is 5.15 Å². The molecule has 2 aromatic heterocycles. The Balaban J connectivity index is 2.16. The molecule has 5 nitrogen and oxygen atoms in total. The molecule has 0 aliphatic rings. The summed E-state index contributed by atoms with van der Waals surface area (Å²) in [4.78, 5) is 23.2. The predicted octanol–water partition coefficient (Wildman–Crippen LogP) is 2.09. The molecule has 0 spiro atoms. The van der Waals surface area contributed by atoms with Crippen molar-refractivity contribution in [1.82, 2.24) is 15.0 Å². The average Bonchev–Trinajstić information content (AvgIpc) is 2.35. The van der Waals surface area contributed by atoms with Gasteiger partial charge >= 0.3 is 0 Å². The van der Waals surface area contributed by atoms with Crippen molar-refractivity contribution in [3.05, 3.63) is 47.3 Å². The summed E-state index contributed by atoms with van der Waals surface area (Å²) in [6, 6.07) is 1.75. The highest BCUT2D eigenvalue weighted by atomic mass is 35.5. The zero-order valence-electron chi connectivity index (χ0n) is 9.01. The van der Waals surface area contributed by atoms with E-state index in [9.17, 15) is 4.79 Å². The lowest BCUT2D eigenvalue weighted by Crippen LogP contribution is -2.12. The molecule has 1 amide bonds. The van der Waals surface area contributed by atoms with Gasteiger partial charge in [0.1, 0.15) is 11.5 Å². The molecule has 1 N–H and O–H groups in total. The van der Waals surface area contributed by atoms with Crippen LogP contribution in [0.3, 0.4) is 0 Å². The minimum atomic E-state index is -0.283. The van der Waals surface area contributed by atoms with Gasteiger partial charge in [0.15, 0.2) is 0 Å². The number of nitrogens with one attached hydrogen (secondary N) is 1. The molecule has 0 aromatic carbocycles. The number of nitrogens with zero attached hydrogens (tertiary/aromatic N) is 3.